The first-order valence-corrected chi connectivity index (χ1v) is 19.6. The maximum absolute atomic E-state index is 2.45. The number of benzene rings is 10. The maximum atomic E-state index is 2.45. The molecule has 0 aromatic heterocycles. The quantitative estimate of drug-likeness (QED) is 0.141. The van der Waals surface area contributed by atoms with Gasteiger partial charge in [0.2, 0.25) is 0 Å². The van der Waals surface area contributed by atoms with Gasteiger partial charge in [0, 0.05) is 16.9 Å². The molecule has 0 N–H and O–H groups in total. The van der Waals surface area contributed by atoms with E-state index in [2.05, 4.69) is 241 Å². The first kappa shape index (κ1) is 34.0. The van der Waals surface area contributed by atoms with Gasteiger partial charge in [0.25, 0.3) is 0 Å². The Labute approximate surface area is 334 Å². The summed E-state index contributed by atoms with van der Waals surface area (Å²) in [5, 5.41) is 4.99. The monoisotopic (exact) mass is 725 g/mol. The van der Waals surface area contributed by atoms with E-state index < -0.39 is 0 Å². The summed E-state index contributed by atoms with van der Waals surface area (Å²) in [4.78, 5) is 2.45. The van der Waals surface area contributed by atoms with E-state index in [1.807, 2.05) is 0 Å². The topological polar surface area (TPSA) is 3.24 Å². The van der Waals surface area contributed by atoms with E-state index in [0.717, 1.165) is 33.8 Å². The zero-order chi connectivity index (χ0) is 38.0. The van der Waals surface area contributed by atoms with Crippen LogP contribution in [0.25, 0.3) is 77.2 Å². The Kier molecular flexibility index (Phi) is 8.95. The summed E-state index contributed by atoms with van der Waals surface area (Å²) < 4.78 is 0. The van der Waals surface area contributed by atoms with Crippen molar-refractivity contribution in [3.63, 3.8) is 0 Å². The van der Waals surface area contributed by atoms with Crippen LogP contribution in [0.5, 0.6) is 0 Å². The van der Waals surface area contributed by atoms with Crippen molar-refractivity contribution in [3.05, 3.63) is 237 Å². The van der Waals surface area contributed by atoms with Crippen LogP contribution >= 0.6 is 0 Å². The molecule has 0 radical (unpaired) electrons. The fraction of sp³-hybridized carbons (Fsp3) is 0. The highest BCUT2D eigenvalue weighted by Gasteiger charge is 2.21. The van der Waals surface area contributed by atoms with E-state index in [9.17, 15) is 0 Å². The van der Waals surface area contributed by atoms with Crippen molar-refractivity contribution in [2.45, 2.75) is 0 Å². The molecule has 0 amide bonds. The van der Waals surface area contributed by atoms with Crippen LogP contribution in [-0.2, 0) is 0 Å². The third kappa shape index (κ3) is 6.66. The second-order valence-corrected chi connectivity index (χ2v) is 14.5. The molecule has 10 aromatic carbocycles. The van der Waals surface area contributed by atoms with Gasteiger partial charge in [-0.2, -0.15) is 0 Å². The van der Waals surface area contributed by atoms with Crippen molar-refractivity contribution < 1.29 is 0 Å². The van der Waals surface area contributed by atoms with E-state index in [1.165, 1.54) is 60.5 Å². The Morgan fingerprint density at radius 3 is 1.35 bits per heavy atom. The van der Waals surface area contributed by atoms with Gasteiger partial charge in [-0.15, -0.1) is 0 Å². The van der Waals surface area contributed by atoms with Crippen molar-refractivity contribution in [1.29, 1.82) is 0 Å². The first-order chi connectivity index (χ1) is 28.3. The predicted octanol–water partition coefficient (Wildman–Crippen LogP) is 15.8. The lowest BCUT2D eigenvalue weighted by Gasteiger charge is -2.30. The molecule has 1 nitrogen and oxygen atoms in total. The molecule has 0 heterocycles. The van der Waals surface area contributed by atoms with Gasteiger partial charge >= 0.3 is 0 Å². The molecule has 0 aliphatic carbocycles. The zero-order valence-corrected chi connectivity index (χ0v) is 31.5. The molecule has 0 unspecified atom stereocenters. The van der Waals surface area contributed by atoms with Gasteiger partial charge in [-0.3, -0.25) is 0 Å². The molecule has 0 saturated carbocycles. The smallest absolute Gasteiger partial charge is 0.0540 e. The standard InChI is InChI=1S/C56H39N/c1-5-17-40(18-6-1)43-29-32-49(33-30-43)57(56-34-31-45(41-19-7-2-8-20-41)38-55(56)44-23-11-4-12-24-44)50-36-47(42-21-9-3-10-22-42)35-48(37-50)54-39-46-25-13-14-26-51(46)52-27-15-16-28-53(52)54/h1-39H. The Bertz CT molecular complexity index is 2970. The minimum atomic E-state index is 1.08. The van der Waals surface area contributed by atoms with E-state index in [-0.39, 0.29) is 0 Å². The number of rotatable bonds is 8. The Morgan fingerprint density at radius 2 is 0.702 bits per heavy atom. The van der Waals surface area contributed by atoms with Gasteiger partial charge in [-0.05, 0) is 120 Å². The molecule has 0 fully saturated rings. The molecule has 10 aromatic rings. The van der Waals surface area contributed by atoms with E-state index in [1.54, 1.807) is 0 Å². The molecule has 1 heteroatoms. The van der Waals surface area contributed by atoms with Crippen LogP contribution in [0.15, 0.2) is 237 Å². The van der Waals surface area contributed by atoms with Crippen molar-refractivity contribution in [2.24, 2.45) is 0 Å². The van der Waals surface area contributed by atoms with Crippen LogP contribution < -0.4 is 4.90 Å². The molecule has 10 rings (SSSR count). The van der Waals surface area contributed by atoms with Crippen LogP contribution in [-0.4, -0.2) is 0 Å². The predicted molar refractivity (Wildman–Crippen MR) is 243 cm³/mol. The SMILES string of the molecule is c1ccc(-c2ccc(N(c3cc(-c4ccccc4)cc(-c4cc5ccccc5c5ccccc45)c3)c3ccc(-c4ccccc4)cc3-c3ccccc3)cc2)cc1. The van der Waals surface area contributed by atoms with E-state index in [4.69, 9.17) is 0 Å². The Balaban J connectivity index is 1.25. The van der Waals surface area contributed by atoms with Gasteiger partial charge < -0.3 is 4.90 Å². The Hall–Kier alpha value is -7.48. The average Bonchev–Trinajstić information content (AvgIpc) is 3.30. The number of anilines is 3. The minimum absolute atomic E-state index is 1.08. The molecular formula is C56H39N. The van der Waals surface area contributed by atoms with Crippen LogP contribution in [0.1, 0.15) is 0 Å². The van der Waals surface area contributed by atoms with Crippen molar-refractivity contribution in [2.75, 3.05) is 4.90 Å². The third-order valence-corrected chi connectivity index (χ3v) is 11.0. The van der Waals surface area contributed by atoms with Crippen molar-refractivity contribution >= 4 is 38.6 Å². The summed E-state index contributed by atoms with van der Waals surface area (Å²) in [5.74, 6) is 0. The van der Waals surface area contributed by atoms with Crippen molar-refractivity contribution in [3.8, 4) is 55.6 Å². The van der Waals surface area contributed by atoms with Crippen LogP contribution in [0.3, 0.4) is 0 Å². The second kappa shape index (κ2) is 15.0. The molecule has 0 aliphatic heterocycles. The van der Waals surface area contributed by atoms with E-state index in [0.29, 0.717) is 0 Å². The lowest BCUT2D eigenvalue weighted by atomic mass is 9.91. The van der Waals surface area contributed by atoms with Crippen molar-refractivity contribution in [1.82, 2.24) is 0 Å². The zero-order valence-electron chi connectivity index (χ0n) is 31.5. The van der Waals surface area contributed by atoms with Crippen LogP contribution in [0.2, 0.25) is 0 Å². The van der Waals surface area contributed by atoms with E-state index >= 15 is 0 Å². The highest BCUT2D eigenvalue weighted by Crippen LogP contribution is 2.46. The maximum Gasteiger partial charge on any atom is 0.0540 e. The summed E-state index contributed by atoms with van der Waals surface area (Å²) in [7, 11) is 0. The molecule has 0 saturated heterocycles. The fourth-order valence-corrected chi connectivity index (χ4v) is 8.24. The Morgan fingerprint density at radius 1 is 0.228 bits per heavy atom. The van der Waals surface area contributed by atoms with Crippen LogP contribution in [0.4, 0.5) is 17.1 Å². The largest absolute Gasteiger partial charge is 0.310 e. The summed E-state index contributed by atoms with van der Waals surface area (Å²) in [5.41, 5.74) is 15.1. The third-order valence-electron chi connectivity index (χ3n) is 11.0. The van der Waals surface area contributed by atoms with Gasteiger partial charge in [0.05, 0.1) is 5.69 Å². The molecular weight excluding hydrogens is 687 g/mol. The number of hydrogen-bond donors (Lipinski definition) is 0. The van der Waals surface area contributed by atoms with Gasteiger partial charge in [-0.1, -0.05) is 188 Å². The summed E-state index contributed by atoms with van der Waals surface area (Å²) >= 11 is 0. The molecule has 0 aliphatic rings. The fourth-order valence-electron chi connectivity index (χ4n) is 8.24. The first-order valence-electron chi connectivity index (χ1n) is 19.6. The molecule has 0 atom stereocenters. The number of fused-ring (bicyclic) bond motifs is 3. The van der Waals surface area contributed by atoms with Gasteiger partial charge in [-0.25, -0.2) is 0 Å². The van der Waals surface area contributed by atoms with Crippen LogP contribution in [0, 0.1) is 0 Å². The molecule has 268 valence electrons. The summed E-state index contributed by atoms with van der Waals surface area (Å²) in [6.07, 6.45) is 0. The van der Waals surface area contributed by atoms with Gasteiger partial charge in [0.15, 0.2) is 0 Å². The van der Waals surface area contributed by atoms with Gasteiger partial charge in [0.1, 0.15) is 0 Å². The number of nitrogens with zero attached hydrogens (tertiary/aromatic N) is 1. The minimum Gasteiger partial charge on any atom is -0.310 e. The molecule has 57 heavy (non-hydrogen) atoms. The average molecular weight is 726 g/mol. The summed E-state index contributed by atoms with van der Waals surface area (Å²) in [6, 6.07) is 85.8. The second-order valence-electron chi connectivity index (χ2n) is 14.5. The lowest BCUT2D eigenvalue weighted by molar-refractivity contribution is 1.28. The highest BCUT2D eigenvalue weighted by molar-refractivity contribution is 6.14. The normalized spacial score (nSPS) is 11.2. The number of hydrogen-bond acceptors (Lipinski definition) is 1. The molecule has 0 spiro atoms. The molecule has 0 bridgehead atoms. The lowest BCUT2D eigenvalue weighted by Crippen LogP contribution is -2.12. The highest BCUT2D eigenvalue weighted by atomic mass is 15.1. The summed E-state index contributed by atoms with van der Waals surface area (Å²) in [6.45, 7) is 0.